The van der Waals surface area contributed by atoms with Gasteiger partial charge in [0.05, 0.1) is 17.3 Å². The summed E-state index contributed by atoms with van der Waals surface area (Å²) in [7, 11) is 0. The van der Waals surface area contributed by atoms with E-state index in [1.165, 1.54) is 4.90 Å². The Morgan fingerprint density at radius 3 is 2.26 bits per heavy atom. The first-order valence-electron chi connectivity index (χ1n) is 12.2. The van der Waals surface area contributed by atoms with Gasteiger partial charge in [0.1, 0.15) is 17.3 Å². The van der Waals surface area contributed by atoms with Crippen LogP contribution in [0.1, 0.15) is 54.0 Å². The lowest BCUT2D eigenvalue weighted by atomic mass is 9.94. The summed E-state index contributed by atoms with van der Waals surface area (Å²) in [6, 6.07) is 18.2. The molecular formula is C29H26N4O5. The number of aliphatic hydroxyl groups excluding tert-OH is 1. The van der Waals surface area contributed by atoms with Crippen LogP contribution in [0.5, 0.6) is 11.6 Å². The fourth-order valence-electron chi connectivity index (χ4n) is 4.32. The largest absolute Gasteiger partial charge is 0.507 e. The number of amides is 1. The molecule has 2 aromatic heterocycles. The minimum absolute atomic E-state index is 0.0320. The van der Waals surface area contributed by atoms with Crippen LogP contribution in [0.3, 0.4) is 0 Å². The summed E-state index contributed by atoms with van der Waals surface area (Å²) in [5.41, 5.74) is 2.74. The Bertz CT molecular complexity index is 1520. The van der Waals surface area contributed by atoms with E-state index < -0.39 is 17.7 Å². The van der Waals surface area contributed by atoms with Crippen molar-refractivity contribution in [2.75, 3.05) is 4.90 Å². The predicted molar refractivity (Wildman–Crippen MR) is 140 cm³/mol. The average molecular weight is 511 g/mol. The molecule has 0 aliphatic carbocycles. The number of Topliss-reactive ketones (excluding diaryl/α,β-unsaturated/α-hetero) is 1. The lowest BCUT2D eigenvalue weighted by Gasteiger charge is -2.24. The fraction of sp³-hybridized carbons (Fsp3) is 0.207. The Morgan fingerprint density at radius 2 is 1.68 bits per heavy atom. The molecule has 38 heavy (non-hydrogen) atoms. The van der Waals surface area contributed by atoms with E-state index in [0.717, 1.165) is 5.56 Å². The maximum Gasteiger partial charge on any atom is 0.301 e. The zero-order valence-corrected chi connectivity index (χ0v) is 21.4. The molecule has 5 rings (SSSR count). The van der Waals surface area contributed by atoms with Crippen LogP contribution in [0.25, 0.3) is 5.76 Å². The molecule has 0 bridgehead atoms. The number of rotatable bonds is 6. The highest BCUT2D eigenvalue weighted by atomic mass is 16.5. The van der Waals surface area contributed by atoms with E-state index in [9.17, 15) is 14.7 Å². The van der Waals surface area contributed by atoms with E-state index in [1.807, 2.05) is 12.1 Å². The molecule has 1 saturated heterocycles. The number of anilines is 1. The third kappa shape index (κ3) is 4.66. The Hall–Kier alpha value is -4.79. The maximum absolute atomic E-state index is 13.3. The molecule has 1 aliphatic rings. The normalized spacial score (nSPS) is 16.9. The van der Waals surface area contributed by atoms with Crippen molar-refractivity contribution in [2.45, 2.75) is 39.7 Å². The van der Waals surface area contributed by atoms with Crippen molar-refractivity contribution in [1.29, 1.82) is 0 Å². The van der Waals surface area contributed by atoms with Crippen LogP contribution in [0.15, 0.2) is 76.8 Å². The van der Waals surface area contributed by atoms with E-state index in [-0.39, 0.29) is 17.2 Å². The topological polar surface area (TPSA) is 119 Å². The predicted octanol–water partition coefficient (Wildman–Crippen LogP) is 5.62. The molecule has 2 aromatic carbocycles. The molecule has 1 fully saturated rings. The van der Waals surface area contributed by atoms with Crippen LogP contribution in [0.4, 0.5) is 5.82 Å². The number of nitrogens with zero attached hydrogens (tertiary/aromatic N) is 4. The van der Waals surface area contributed by atoms with Gasteiger partial charge in [-0.3, -0.25) is 14.5 Å². The van der Waals surface area contributed by atoms with Crippen molar-refractivity contribution in [1.82, 2.24) is 15.4 Å². The molecule has 192 valence electrons. The van der Waals surface area contributed by atoms with Gasteiger partial charge in [-0.2, -0.15) is 5.10 Å². The molecular weight excluding hydrogens is 484 g/mol. The summed E-state index contributed by atoms with van der Waals surface area (Å²) in [6.45, 7) is 7.68. The SMILES string of the molecule is Cc1ccc(N2C(=O)C(=O)C(=C(O)c3ccc(C(C)C)cc3)C2c2ccc(Oc3cc(C)on3)cc2)nn1. The molecule has 4 aromatic rings. The number of ketones is 1. The van der Waals surface area contributed by atoms with E-state index >= 15 is 0 Å². The Kier molecular flexibility index (Phi) is 6.50. The maximum atomic E-state index is 13.3. The number of aliphatic hydroxyl groups is 1. The van der Waals surface area contributed by atoms with Crippen LogP contribution < -0.4 is 9.64 Å². The van der Waals surface area contributed by atoms with Crippen LogP contribution in [-0.4, -0.2) is 32.2 Å². The number of hydrogen-bond donors (Lipinski definition) is 1. The summed E-state index contributed by atoms with van der Waals surface area (Å²) < 4.78 is 10.8. The summed E-state index contributed by atoms with van der Waals surface area (Å²) >= 11 is 0. The highest BCUT2D eigenvalue weighted by molar-refractivity contribution is 6.51. The van der Waals surface area contributed by atoms with Crippen LogP contribution >= 0.6 is 0 Å². The molecule has 9 nitrogen and oxygen atoms in total. The number of aromatic nitrogens is 3. The molecule has 3 heterocycles. The third-order valence-corrected chi connectivity index (χ3v) is 6.35. The second kappa shape index (κ2) is 9.93. The molecule has 0 spiro atoms. The Morgan fingerprint density at radius 1 is 0.974 bits per heavy atom. The van der Waals surface area contributed by atoms with E-state index in [1.54, 1.807) is 68.4 Å². The first-order valence-corrected chi connectivity index (χ1v) is 12.2. The molecule has 9 heteroatoms. The zero-order chi connectivity index (χ0) is 27.0. The van der Waals surface area contributed by atoms with Gasteiger partial charge in [0.2, 0.25) is 0 Å². The number of carbonyl (C=O) groups excluding carboxylic acids is 2. The zero-order valence-electron chi connectivity index (χ0n) is 21.4. The Balaban J connectivity index is 1.59. The molecule has 1 N–H and O–H groups in total. The van der Waals surface area contributed by atoms with Crippen molar-refractivity contribution in [3.8, 4) is 11.6 Å². The average Bonchev–Trinajstić information content (AvgIpc) is 3.44. The van der Waals surface area contributed by atoms with Gasteiger partial charge in [-0.15, -0.1) is 5.10 Å². The van der Waals surface area contributed by atoms with Gasteiger partial charge in [-0.25, -0.2) is 0 Å². The summed E-state index contributed by atoms with van der Waals surface area (Å²) in [6.07, 6.45) is 0. The number of ether oxygens (including phenoxy) is 1. The highest BCUT2D eigenvalue weighted by Gasteiger charge is 2.47. The van der Waals surface area contributed by atoms with Gasteiger partial charge in [0, 0.05) is 11.6 Å². The first kappa shape index (κ1) is 24.9. The van der Waals surface area contributed by atoms with Crippen molar-refractivity contribution in [3.63, 3.8) is 0 Å². The van der Waals surface area contributed by atoms with Crippen LogP contribution in [0, 0.1) is 13.8 Å². The van der Waals surface area contributed by atoms with Gasteiger partial charge >= 0.3 is 5.91 Å². The number of benzene rings is 2. The van der Waals surface area contributed by atoms with Crippen molar-refractivity contribution < 1.29 is 24.0 Å². The molecule has 1 aliphatic heterocycles. The van der Waals surface area contributed by atoms with Gasteiger partial charge in [0.15, 0.2) is 5.82 Å². The van der Waals surface area contributed by atoms with E-state index in [4.69, 9.17) is 9.26 Å². The second-order valence-electron chi connectivity index (χ2n) is 9.43. The quantitative estimate of drug-likeness (QED) is 0.202. The van der Waals surface area contributed by atoms with Crippen molar-refractivity contribution in [2.24, 2.45) is 0 Å². The number of aryl methyl sites for hydroxylation is 2. The highest BCUT2D eigenvalue weighted by Crippen LogP contribution is 2.42. The molecule has 0 saturated carbocycles. The van der Waals surface area contributed by atoms with Crippen molar-refractivity contribution in [3.05, 3.63) is 100 Å². The smallest absolute Gasteiger partial charge is 0.301 e. The van der Waals surface area contributed by atoms with Gasteiger partial charge in [-0.1, -0.05) is 50.2 Å². The van der Waals surface area contributed by atoms with E-state index in [2.05, 4.69) is 29.2 Å². The monoisotopic (exact) mass is 510 g/mol. The third-order valence-electron chi connectivity index (χ3n) is 6.35. The van der Waals surface area contributed by atoms with Crippen LogP contribution in [-0.2, 0) is 9.59 Å². The summed E-state index contributed by atoms with van der Waals surface area (Å²) in [5.74, 6) is 0.0486. The first-order chi connectivity index (χ1) is 18.2. The number of carbonyl (C=O) groups is 2. The lowest BCUT2D eigenvalue weighted by Crippen LogP contribution is -2.30. The van der Waals surface area contributed by atoms with Crippen molar-refractivity contribution >= 4 is 23.3 Å². The number of hydrogen-bond acceptors (Lipinski definition) is 8. The minimum atomic E-state index is -0.930. The molecule has 1 unspecified atom stereocenters. The van der Waals surface area contributed by atoms with Gasteiger partial charge in [-0.05, 0) is 60.3 Å². The standard InChI is InChI=1S/C29H26N4O5/c1-16(2)19-6-8-21(9-7-19)27(34)25-26(33(29(36)28(25)35)23-14-5-17(3)30-31-23)20-10-12-22(13-11-20)37-24-15-18(4)38-32-24/h5-16,26,34H,1-4H3. The molecule has 1 atom stereocenters. The Labute approximate surface area is 219 Å². The molecule has 1 amide bonds. The van der Waals surface area contributed by atoms with Crippen LogP contribution in [0.2, 0.25) is 0 Å². The minimum Gasteiger partial charge on any atom is -0.507 e. The van der Waals surface area contributed by atoms with Gasteiger partial charge < -0.3 is 14.4 Å². The lowest BCUT2D eigenvalue weighted by molar-refractivity contribution is -0.132. The molecule has 0 radical (unpaired) electrons. The summed E-state index contributed by atoms with van der Waals surface area (Å²) in [4.78, 5) is 27.9. The second-order valence-corrected chi connectivity index (χ2v) is 9.43. The summed E-state index contributed by atoms with van der Waals surface area (Å²) in [5, 5.41) is 23.4. The van der Waals surface area contributed by atoms with Gasteiger partial charge in [0.25, 0.3) is 11.7 Å². The van der Waals surface area contributed by atoms with E-state index in [0.29, 0.717) is 40.1 Å². The fourth-order valence-corrected chi connectivity index (χ4v) is 4.32.